The molecule has 1 saturated heterocycles. The first-order valence-corrected chi connectivity index (χ1v) is 9.13. The summed E-state index contributed by atoms with van der Waals surface area (Å²) in [7, 11) is 0. The molecular formula is C14H16ClN3OS2. The van der Waals surface area contributed by atoms with E-state index in [-0.39, 0.29) is 5.91 Å². The number of fused-ring (bicyclic) bond motifs is 1. The van der Waals surface area contributed by atoms with Gasteiger partial charge in [0.25, 0.3) is 0 Å². The molecule has 1 aromatic heterocycles. The SMILES string of the molecule is O=C(CSC1CCNCC1)Nc1nc2ccc(Cl)cc2s1. The highest BCUT2D eigenvalue weighted by Gasteiger charge is 2.15. The number of hydrogen-bond acceptors (Lipinski definition) is 5. The zero-order chi connectivity index (χ0) is 14.7. The van der Waals surface area contributed by atoms with Crippen molar-refractivity contribution < 1.29 is 4.79 Å². The maximum absolute atomic E-state index is 12.0. The Morgan fingerprint density at radius 1 is 1.48 bits per heavy atom. The second-order valence-corrected chi connectivity index (χ2v) is 7.70. The molecule has 0 unspecified atom stereocenters. The summed E-state index contributed by atoms with van der Waals surface area (Å²) in [4.78, 5) is 16.4. The van der Waals surface area contributed by atoms with Gasteiger partial charge in [-0.25, -0.2) is 4.98 Å². The number of carbonyl (C=O) groups is 1. The fourth-order valence-electron chi connectivity index (χ4n) is 2.26. The first kappa shape index (κ1) is 15.1. The molecule has 2 aromatic rings. The number of aromatic nitrogens is 1. The molecule has 2 N–H and O–H groups in total. The molecule has 0 atom stereocenters. The van der Waals surface area contributed by atoms with Gasteiger partial charge in [-0.05, 0) is 44.1 Å². The van der Waals surface area contributed by atoms with Gasteiger partial charge in [-0.2, -0.15) is 0 Å². The van der Waals surface area contributed by atoms with E-state index in [1.807, 2.05) is 18.2 Å². The van der Waals surface area contributed by atoms with Gasteiger partial charge < -0.3 is 10.6 Å². The normalized spacial score (nSPS) is 16.2. The van der Waals surface area contributed by atoms with E-state index in [1.54, 1.807) is 11.8 Å². The summed E-state index contributed by atoms with van der Waals surface area (Å²) in [5, 5.41) is 8.12. The molecule has 1 aliphatic heterocycles. The molecule has 1 amide bonds. The van der Waals surface area contributed by atoms with Gasteiger partial charge in [0.2, 0.25) is 5.91 Å². The maximum Gasteiger partial charge on any atom is 0.236 e. The molecule has 0 aliphatic carbocycles. The monoisotopic (exact) mass is 341 g/mol. The predicted octanol–water partition coefficient (Wildman–Crippen LogP) is 3.37. The van der Waals surface area contributed by atoms with Crippen LogP contribution in [0.3, 0.4) is 0 Å². The lowest BCUT2D eigenvalue weighted by Gasteiger charge is -2.21. The van der Waals surface area contributed by atoms with Crippen molar-refractivity contribution >= 4 is 56.0 Å². The number of halogens is 1. The van der Waals surface area contributed by atoms with Gasteiger partial charge >= 0.3 is 0 Å². The molecule has 3 rings (SSSR count). The average Bonchev–Trinajstić information content (AvgIpc) is 2.87. The fourth-order valence-corrected chi connectivity index (χ4v) is 4.45. The highest BCUT2D eigenvalue weighted by atomic mass is 35.5. The van der Waals surface area contributed by atoms with Crippen LogP contribution in [-0.4, -0.2) is 35.0 Å². The Morgan fingerprint density at radius 2 is 2.29 bits per heavy atom. The molecule has 1 fully saturated rings. The molecule has 21 heavy (non-hydrogen) atoms. The largest absolute Gasteiger partial charge is 0.317 e. The van der Waals surface area contributed by atoms with E-state index < -0.39 is 0 Å². The Kier molecular flexibility index (Phi) is 5.00. The van der Waals surface area contributed by atoms with Crippen molar-refractivity contribution in [3.63, 3.8) is 0 Å². The smallest absolute Gasteiger partial charge is 0.236 e. The number of thioether (sulfide) groups is 1. The van der Waals surface area contributed by atoms with E-state index in [4.69, 9.17) is 11.6 Å². The lowest BCUT2D eigenvalue weighted by Crippen LogP contribution is -2.30. The fraction of sp³-hybridized carbons (Fsp3) is 0.429. The number of anilines is 1. The average molecular weight is 342 g/mol. The van der Waals surface area contributed by atoms with Gasteiger partial charge in [0.1, 0.15) is 0 Å². The summed E-state index contributed by atoms with van der Waals surface area (Å²) < 4.78 is 0.990. The topological polar surface area (TPSA) is 54.0 Å². The molecule has 1 aliphatic rings. The highest BCUT2D eigenvalue weighted by molar-refractivity contribution is 8.00. The number of carbonyl (C=O) groups excluding carboxylic acids is 1. The van der Waals surface area contributed by atoms with Crippen LogP contribution in [0.4, 0.5) is 5.13 Å². The molecule has 1 aromatic carbocycles. The van der Waals surface area contributed by atoms with Crippen LogP contribution in [0, 0.1) is 0 Å². The highest BCUT2D eigenvalue weighted by Crippen LogP contribution is 2.28. The molecule has 7 heteroatoms. The Labute approximate surface area is 136 Å². The van der Waals surface area contributed by atoms with Gasteiger partial charge in [-0.1, -0.05) is 22.9 Å². The zero-order valence-electron chi connectivity index (χ0n) is 11.4. The van der Waals surface area contributed by atoms with E-state index in [0.29, 0.717) is 21.2 Å². The van der Waals surface area contributed by atoms with E-state index in [0.717, 1.165) is 36.1 Å². The van der Waals surface area contributed by atoms with Crippen LogP contribution in [0.2, 0.25) is 5.02 Å². The lowest BCUT2D eigenvalue weighted by molar-refractivity contribution is -0.113. The molecule has 0 radical (unpaired) electrons. The van der Waals surface area contributed by atoms with Crippen LogP contribution < -0.4 is 10.6 Å². The van der Waals surface area contributed by atoms with Crippen LogP contribution in [-0.2, 0) is 4.79 Å². The van der Waals surface area contributed by atoms with E-state index in [1.165, 1.54) is 11.3 Å². The Morgan fingerprint density at radius 3 is 3.10 bits per heavy atom. The quantitative estimate of drug-likeness (QED) is 0.895. The third-order valence-corrected chi connectivity index (χ3v) is 5.87. The van der Waals surface area contributed by atoms with E-state index >= 15 is 0 Å². The molecule has 2 heterocycles. The molecule has 4 nitrogen and oxygen atoms in total. The van der Waals surface area contributed by atoms with Crippen LogP contribution >= 0.6 is 34.7 Å². The second kappa shape index (κ2) is 6.96. The molecular weight excluding hydrogens is 326 g/mol. The van der Waals surface area contributed by atoms with Gasteiger partial charge in [0.15, 0.2) is 5.13 Å². The minimum Gasteiger partial charge on any atom is -0.317 e. The van der Waals surface area contributed by atoms with Crippen molar-refractivity contribution in [2.75, 3.05) is 24.2 Å². The summed E-state index contributed by atoms with van der Waals surface area (Å²) >= 11 is 9.14. The summed E-state index contributed by atoms with van der Waals surface area (Å²) in [6.45, 7) is 2.11. The molecule has 0 spiro atoms. The van der Waals surface area contributed by atoms with Crippen LogP contribution in [0.1, 0.15) is 12.8 Å². The van der Waals surface area contributed by atoms with E-state index in [9.17, 15) is 4.79 Å². The maximum atomic E-state index is 12.0. The summed E-state index contributed by atoms with van der Waals surface area (Å²) in [5.74, 6) is 0.505. The molecule has 0 saturated carbocycles. The number of nitrogens with zero attached hydrogens (tertiary/aromatic N) is 1. The number of nitrogens with one attached hydrogen (secondary N) is 2. The second-order valence-electron chi connectivity index (χ2n) is 4.94. The first-order valence-electron chi connectivity index (χ1n) is 6.89. The zero-order valence-corrected chi connectivity index (χ0v) is 13.8. The first-order chi connectivity index (χ1) is 10.2. The van der Waals surface area contributed by atoms with Crippen LogP contribution in [0.5, 0.6) is 0 Å². The van der Waals surface area contributed by atoms with Crippen molar-refractivity contribution in [3.05, 3.63) is 23.2 Å². The number of benzene rings is 1. The predicted molar refractivity (Wildman–Crippen MR) is 91.6 cm³/mol. The minimum atomic E-state index is 0.0173. The summed E-state index contributed by atoms with van der Waals surface area (Å²) in [5.41, 5.74) is 0.866. The van der Waals surface area contributed by atoms with Crippen LogP contribution in [0.25, 0.3) is 10.2 Å². The van der Waals surface area contributed by atoms with Gasteiger partial charge in [-0.15, -0.1) is 11.8 Å². The third kappa shape index (κ3) is 4.10. The van der Waals surface area contributed by atoms with Crippen molar-refractivity contribution in [1.82, 2.24) is 10.3 Å². The minimum absolute atomic E-state index is 0.0173. The third-order valence-electron chi connectivity index (χ3n) is 3.33. The number of thiazole rings is 1. The molecule has 0 bridgehead atoms. The van der Waals surface area contributed by atoms with Crippen molar-refractivity contribution in [2.45, 2.75) is 18.1 Å². The Bertz CT molecular complexity index is 640. The Balaban J connectivity index is 1.55. The lowest BCUT2D eigenvalue weighted by atomic mass is 10.2. The number of piperidine rings is 1. The van der Waals surface area contributed by atoms with Crippen molar-refractivity contribution in [1.29, 1.82) is 0 Å². The standard InChI is InChI=1S/C14H16ClN3OS2/c15-9-1-2-11-12(7-9)21-14(17-11)18-13(19)8-20-10-3-5-16-6-4-10/h1-2,7,10,16H,3-6,8H2,(H,17,18,19). The number of hydrogen-bond donors (Lipinski definition) is 2. The van der Waals surface area contributed by atoms with Crippen LogP contribution in [0.15, 0.2) is 18.2 Å². The van der Waals surface area contributed by atoms with Gasteiger partial charge in [0, 0.05) is 10.3 Å². The van der Waals surface area contributed by atoms with Crippen molar-refractivity contribution in [3.8, 4) is 0 Å². The summed E-state index contributed by atoms with van der Waals surface area (Å²) in [6.07, 6.45) is 2.27. The number of rotatable bonds is 4. The molecule has 112 valence electrons. The number of amides is 1. The Hall–Kier alpha value is -0.820. The van der Waals surface area contributed by atoms with Crippen molar-refractivity contribution in [2.24, 2.45) is 0 Å². The van der Waals surface area contributed by atoms with Gasteiger partial charge in [-0.3, -0.25) is 4.79 Å². The van der Waals surface area contributed by atoms with E-state index in [2.05, 4.69) is 15.6 Å². The van der Waals surface area contributed by atoms with Gasteiger partial charge in [0.05, 0.1) is 16.0 Å². The summed E-state index contributed by atoms with van der Waals surface area (Å²) in [6, 6.07) is 5.55.